The normalized spacial score (nSPS) is 20.7. The third kappa shape index (κ3) is 3.59. The van der Waals surface area contributed by atoms with E-state index in [1.54, 1.807) is 12.1 Å². The van der Waals surface area contributed by atoms with Crippen LogP contribution in [0.25, 0.3) is 0 Å². The molecule has 0 bridgehead atoms. The summed E-state index contributed by atoms with van der Waals surface area (Å²) in [7, 11) is 0. The van der Waals surface area contributed by atoms with Gasteiger partial charge in [0.25, 0.3) is 0 Å². The summed E-state index contributed by atoms with van der Waals surface area (Å²) >= 11 is 0. The van der Waals surface area contributed by atoms with Gasteiger partial charge in [-0.2, -0.15) is 0 Å². The first-order chi connectivity index (χ1) is 18.6. The van der Waals surface area contributed by atoms with E-state index in [0.29, 0.717) is 28.9 Å². The number of ketones is 2. The molecule has 0 spiro atoms. The summed E-state index contributed by atoms with van der Waals surface area (Å²) in [5.74, 6) is 1.05. The Bertz CT molecular complexity index is 1620. The third-order valence-electron chi connectivity index (χ3n) is 8.18. The van der Waals surface area contributed by atoms with Gasteiger partial charge in [0.05, 0.1) is 6.04 Å². The number of nitrogens with one attached hydrogen (secondary N) is 1. The van der Waals surface area contributed by atoms with Crippen LogP contribution in [0.2, 0.25) is 0 Å². The molecule has 38 heavy (non-hydrogen) atoms. The maximum Gasteiger partial charge on any atom is 0.194 e. The minimum atomic E-state index is -0.0696. The van der Waals surface area contributed by atoms with Crippen molar-refractivity contribution in [2.24, 2.45) is 5.92 Å². The summed E-state index contributed by atoms with van der Waals surface area (Å²) < 4.78 is 6.03. The number of hydrogen-bond donors (Lipinski definition) is 1. The van der Waals surface area contributed by atoms with Crippen LogP contribution < -0.4 is 10.1 Å². The van der Waals surface area contributed by atoms with Gasteiger partial charge in [-0.3, -0.25) is 9.59 Å². The van der Waals surface area contributed by atoms with Gasteiger partial charge in [0.1, 0.15) is 12.4 Å². The van der Waals surface area contributed by atoms with Crippen LogP contribution in [0, 0.1) is 12.8 Å². The number of rotatable bonds is 4. The summed E-state index contributed by atoms with van der Waals surface area (Å²) in [6.07, 6.45) is 5.34. The Morgan fingerprint density at radius 2 is 1.55 bits per heavy atom. The standard InChI is InChI=1S/C34H27NO3/c1-20-9-11-21(12-10-20)19-38-23-15-13-22(14-16-23)32-25-8-4-7-24(25)30-29(35-32)18-17-28-31(30)34(37)27-6-3-2-5-26(27)33(28)36/h2-7,9-18,24-25,32,35H,8,19H2,1H3/t24-,25+,32+/m1/s1. The van der Waals surface area contributed by atoms with Gasteiger partial charge in [0.2, 0.25) is 0 Å². The van der Waals surface area contributed by atoms with Crippen LogP contribution in [0.1, 0.15) is 72.5 Å². The molecule has 3 aliphatic rings. The van der Waals surface area contributed by atoms with Gasteiger partial charge in [0.15, 0.2) is 11.6 Å². The van der Waals surface area contributed by atoms with E-state index >= 15 is 0 Å². The molecule has 0 fully saturated rings. The number of anilines is 1. The molecule has 1 heterocycles. The highest BCUT2D eigenvalue weighted by Gasteiger charge is 2.42. The van der Waals surface area contributed by atoms with Crippen LogP contribution in [0.3, 0.4) is 0 Å². The average molecular weight is 498 g/mol. The van der Waals surface area contributed by atoms with E-state index in [2.05, 4.69) is 60.8 Å². The first kappa shape index (κ1) is 22.7. The van der Waals surface area contributed by atoms with Crippen molar-refractivity contribution >= 4 is 17.3 Å². The first-order valence-corrected chi connectivity index (χ1v) is 13.2. The summed E-state index contributed by atoms with van der Waals surface area (Å²) in [5.41, 5.74) is 7.54. The lowest BCUT2D eigenvalue weighted by Crippen LogP contribution is -2.32. The van der Waals surface area contributed by atoms with E-state index in [1.165, 1.54) is 11.1 Å². The van der Waals surface area contributed by atoms with Crippen molar-refractivity contribution in [1.82, 2.24) is 0 Å². The minimum absolute atomic E-state index is 0.0542. The number of benzene rings is 4. The van der Waals surface area contributed by atoms with E-state index in [1.807, 2.05) is 36.4 Å². The van der Waals surface area contributed by atoms with Crippen molar-refractivity contribution in [3.8, 4) is 5.75 Å². The molecule has 186 valence electrons. The van der Waals surface area contributed by atoms with Crippen LogP contribution in [0.5, 0.6) is 5.75 Å². The zero-order valence-corrected chi connectivity index (χ0v) is 21.1. The summed E-state index contributed by atoms with van der Waals surface area (Å²) in [6.45, 7) is 2.61. The number of hydrogen-bond acceptors (Lipinski definition) is 4. The molecular formula is C34H27NO3. The number of carbonyl (C=O) groups is 2. The summed E-state index contributed by atoms with van der Waals surface area (Å²) in [4.78, 5) is 27.0. The summed E-state index contributed by atoms with van der Waals surface area (Å²) in [6, 6.07) is 27.7. The van der Waals surface area contributed by atoms with Crippen molar-refractivity contribution in [3.63, 3.8) is 0 Å². The van der Waals surface area contributed by atoms with E-state index in [0.717, 1.165) is 29.0 Å². The second-order valence-corrected chi connectivity index (χ2v) is 10.5. The molecule has 4 nitrogen and oxygen atoms in total. The Balaban J connectivity index is 1.19. The molecule has 7 rings (SSSR count). The SMILES string of the molecule is Cc1ccc(COc2ccc([C@@H]3Nc4ccc5c(c4[C@@H]4C=CC[C@@H]43)C(=O)c3ccccc3C5=O)cc2)cc1. The lowest BCUT2D eigenvalue weighted by Gasteiger charge is -2.39. The number of allylic oxidation sites excluding steroid dienone is 2. The second kappa shape index (κ2) is 8.84. The smallest absolute Gasteiger partial charge is 0.194 e. The Kier molecular flexibility index (Phi) is 5.29. The number of ether oxygens (including phenoxy) is 1. The fourth-order valence-electron chi connectivity index (χ4n) is 6.24. The lowest BCUT2D eigenvalue weighted by molar-refractivity contribution is 0.0978. The fourth-order valence-corrected chi connectivity index (χ4v) is 6.24. The second-order valence-electron chi connectivity index (χ2n) is 10.5. The Hall–Kier alpha value is -4.44. The topological polar surface area (TPSA) is 55.4 Å². The number of aryl methyl sites for hydroxylation is 1. The highest BCUT2D eigenvalue weighted by atomic mass is 16.5. The zero-order chi connectivity index (χ0) is 25.8. The van der Waals surface area contributed by atoms with Crippen LogP contribution in [-0.2, 0) is 6.61 Å². The van der Waals surface area contributed by atoms with Crippen molar-refractivity contribution in [3.05, 3.63) is 142 Å². The van der Waals surface area contributed by atoms with Gasteiger partial charge in [-0.15, -0.1) is 0 Å². The predicted molar refractivity (Wildman–Crippen MR) is 148 cm³/mol. The highest BCUT2D eigenvalue weighted by molar-refractivity contribution is 6.29. The molecule has 0 aromatic heterocycles. The van der Waals surface area contributed by atoms with Crippen LogP contribution >= 0.6 is 0 Å². The maximum atomic E-state index is 13.7. The molecule has 0 radical (unpaired) electrons. The predicted octanol–water partition coefficient (Wildman–Crippen LogP) is 7.18. The molecule has 0 unspecified atom stereocenters. The van der Waals surface area contributed by atoms with Gasteiger partial charge in [-0.25, -0.2) is 0 Å². The maximum absolute atomic E-state index is 13.7. The van der Waals surface area contributed by atoms with Gasteiger partial charge >= 0.3 is 0 Å². The first-order valence-electron chi connectivity index (χ1n) is 13.2. The van der Waals surface area contributed by atoms with E-state index in [4.69, 9.17) is 4.74 Å². The Morgan fingerprint density at radius 3 is 2.32 bits per heavy atom. The zero-order valence-electron chi connectivity index (χ0n) is 21.1. The minimum Gasteiger partial charge on any atom is -0.489 e. The molecule has 3 atom stereocenters. The molecule has 2 aliphatic carbocycles. The molecule has 0 amide bonds. The Labute approximate surface area is 222 Å². The number of fused-ring (bicyclic) bond motifs is 6. The highest BCUT2D eigenvalue weighted by Crippen LogP contribution is 2.52. The average Bonchev–Trinajstić information content (AvgIpc) is 3.45. The monoisotopic (exact) mass is 497 g/mol. The van der Waals surface area contributed by atoms with E-state index in [9.17, 15) is 9.59 Å². The van der Waals surface area contributed by atoms with Crippen molar-refractivity contribution < 1.29 is 14.3 Å². The van der Waals surface area contributed by atoms with Gasteiger partial charge in [0, 0.05) is 33.9 Å². The molecule has 4 aromatic rings. The van der Waals surface area contributed by atoms with E-state index < -0.39 is 0 Å². The third-order valence-corrected chi connectivity index (χ3v) is 8.18. The van der Waals surface area contributed by atoms with Crippen LogP contribution in [-0.4, -0.2) is 11.6 Å². The van der Waals surface area contributed by atoms with Gasteiger partial charge in [-0.1, -0.05) is 78.4 Å². The quantitative estimate of drug-likeness (QED) is 0.267. The summed E-state index contributed by atoms with van der Waals surface area (Å²) in [5, 5.41) is 3.73. The molecule has 4 aromatic carbocycles. The molecule has 4 heteroatoms. The van der Waals surface area contributed by atoms with E-state index in [-0.39, 0.29) is 29.4 Å². The van der Waals surface area contributed by atoms with Crippen molar-refractivity contribution in [1.29, 1.82) is 0 Å². The fraction of sp³-hybridized carbons (Fsp3) is 0.176. The number of carbonyl (C=O) groups excluding carboxylic acids is 2. The van der Waals surface area contributed by atoms with Crippen molar-refractivity contribution in [2.45, 2.75) is 31.9 Å². The van der Waals surface area contributed by atoms with Crippen LogP contribution in [0.15, 0.2) is 97.1 Å². The molecule has 0 saturated heterocycles. The van der Waals surface area contributed by atoms with Crippen LogP contribution in [0.4, 0.5) is 5.69 Å². The van der Waals surface area contributed by atoms with Crippen molar-refractivity contribution in [2.75, 3.05) is 5.32 Å². The molecule has 1 aliphatic heterocycles. The molecular weight excluding hydrogens is 470 g/mol. The largest absolute Gasteiger partial charge is 0.489 e. The van der Waals surface area contributed by atoms with Gasteiger partial charge < -0.3 is 10.1 Å². The molecule has 1 N–H and O–H groups in total. The lowest BCUT2D eigenvalue weighted by atomic mass is 9.71. The molecule has 0 saturated carbocycles. The van der Waals surface area contributed by atoms with Gasteiger partial charge in [-0.05, 0) is 60.2 Å². The Morgan fingerprint density at radius 1 is 0.816 bits per heavy atom.